The van der Waals surface area contributed by atoms with Gasteiger partial charge in [0.05, 0.1) is 0 Å². The third-order valence-corrected chi connectivity index (χ3v) is 2.90. The van der Waals surface area contributed by atoms with E-state index in [-0.39, 0.29) is 12.5 Å². The van der Waals surface area contributed by atoms with Crippen LogP contribution < -0.4 is 5.32 Å². The van der Waals surface area contributed by atoms with Gasteiger partial charge in [0, 0.05) is 23.7 Å². The van der Waals surface area contributed by atoms with E-state index in [2.05, 4.69) is 5.32 Å². The Morgan fingerprint density at radius 1 is 1.40 bits per heavy atom. The molecule has 0 saturated heterocycles. The Morgan fingerprint density at radius 2 is 2.20 bits per heavy atom. The highest BCUT2D eigenvalue weighted by Crippen LogP contribution is 2.29. The summed E-state index contributed by atoms with van der Waals surface area (Å²) in [5.41, 5.74) is 2.78. The zero-order valence-electron chi connectivity index (χ0n) is 8.22. The van der Waals surface area contributed by atoms with Crippen molar-refractivity contribution in [1.82, 2.24) is 0 Å². The molecule has 1 aliphatic rings. The van der Waals surface area contributed by atoms with Crippen molar-refractivity contribution in [3.63, 3.8) is 0 Å². The molecule has 1 amide bonds. The van der Waals surface area contributed by atoms with Crippen molar-refractivity contribution in [2.24, 2.45) is 0 Å². The number of benzene rings is 1. The fourth-order valence-corrected chi connectivity index (χ4v) is 2.04. The number of halogens is 1. The molecule has 0 radical (unpaired) electrons. The van der Waals surface area contributed by atoms with E-state index in [0.29, 0.717) is 17.9 Å². The van der Waals surface area contributed by atoms with Gasteiger partial charge in [-0.25, -0.2) is 0 Å². The maximum atomic E-state index is 11.2. The summed E-state index contributed by atoms with van der Waals surface area (Å²) in [6, 6.07) is 3.73. The average Bonchev–Trinajstić information content (AvgIpc) is 2.20. The minimum Gasteiger partial charge on any atom is -0.396 e. The molecule has 0 spiro atoms. The van der Waals surface area contributed by atoms with Crippen molar-refractivity contribution in [2.45, 2.75) is 19.3 Å². The lowest BCUT2D eigenvalue weighted by atomic mass is 10.00. The molecule has 2 N–H and O–H groups in total. The average molecular weight is 226 g/mol. The Balaban J connectivity index is 2.38. The van der Waals surface area contributed by atoms with E-state index in [1.807, 2.05) is 12.1 Å². The van der Waals surface area contributed by atoms with Gasteiger partial charge in [0.1, 0.15) is 0 Å². The minimum absolute atomic E-state index is 0.0415. The van der Waals surface area contributed by atoms with Crippen LogP contribution in [0.1, 0.15) is 17.5 Å². The van der Waals surface area contributed by atoms with E-state index >= 15 is 0 Å². The van der Waals surface area contributed by atoms with E-state index in [1.165, 1.54) is 0 Å². The highest BCUT2D eigenvalue weighted by Gasteiger charge is 2.16. The zero-order valence-corrected chi connectivity index (χ0v) is 8.97. The van der Waals surface area contributed by atoms with Crippen molar-refractivity contribution < 1.29 is 9.90 Å². The molecular formula is C11H12ClNO2. The molecular weight excluding hydrogens is 214 g/mol. The second kappa shape index (κ2) is 4.21. The molecule has 3 nitrogen and oxygen atoms in total. The second-order valence-electron chi connectivity index (χ2n) is 3.62. The zero-order chi connectivity index (χ0) is 10.8. The first-order valence-corrected chi connectivity index (χ1v) is 5.30. The standard InChI is InChI=1S/C11H12ClNO2/c12-9-5-8-1-2-11(15)13-10(8)6-7(9)3-4-14/h5-6,14H,1-4H2,(H,13,15). The number of amides is 1. The lowest BCUT2D eigenvalue weighted by Gasteiger charge is -2.18. The molecule has 0 saturated carbocycles. The third kappa shape index (κ3) is 2.13. The first kappa shape index (κ1) is 10.5. The number of aliphatic hydroxyl groups is 1. The molecule has 15 heavy (non-hydrogen) atoms. The fraction of sp³-hybridized carbons (Fsp3) is 0.364. The number of hydrogen-bond donors (Lipinski definition) is 2. The molecule has 1 heterocycles. The molecule has 80 valence electrons. The highest BCUT2D eigenvalue weighted by molar-refractivity contribution is 6.31. The van der Waals surface area contributed by atoms with Crippen molar-refractivity contribution in [1.29, 1.82) is 0 Å². The summed E-state index contributed by atoms with van der Waals surface area (Å²) in [7, 11) is 0. The number of hydrogen-bond acceptors (Lipinski definition) is 2. The van der Waals surface area contributed by atoms with Crippen molar-refractivity contribution in [2.75, 3.05) is 11.9 Å². The highest BCUT2D eigenvalue weighted by atomic mass is 35.5. The van der Waals surface area contributed by atoms with Gasteiger partial charge in [-0.05, 0) is 36.1 Å². The van der Waals surface area contributed by atoms with Gasteiger partial charge < -0.3 is 10.4 Å². The van der Waals surface area contributed by atoms with E-state index in [4.69, 9.17) is 16.7 Å². The number of anilines is 1. The van der Waals surface area contributed by atoms with Crippen molar-refractivity contribution >= 4 is 23.2 Å². The molecule has 0 fully saturated rings. The summed E-state index contributed by atoms with van der Waals surface area (Å²) in [5, 5.41) is 12.3. The minimum atomic E-state index is 0.0415. The quantitative estimate of drug-likeness (QED) is 0.806. The van der Waals surface area contributed by atoms with Gasteiger partial charge in [0.25, 0.3) is 0 Å². The Kier molecular flexibility index (Phi) is 2.93. The van der Waals surface area contributed by atoms with Gasteiger partial charge in [-0.15, -0.1) is 0 Å². The number of fused-ring (bicyclic) bond motifs is 1. The number of aryl methyl sites for hydroxylation is 1. The number of aliphatic hydroxyl groups excluding tert-OH is 1. The van der Waals surface area contributed by atoms with Gasteiger partial charge >= 0.3 is 0 Å². The van der Waals surface area contributed by atoms with Crippen LogP contribution in [0.15, 0.2) is 12.1 Å². The number of carbonyl (C=O) groups excluding carboxylic acids is 1. The van der Waals surface area contributed by atoms with Crippen LogP contribution in [0.25, 0.3) is 0 Å². The first-order valence-electron chi connectivity index (χ1n) is 4.92. The number of nitrogens with one attached hydrogen (secondary N) is 1. The predicted molar refractivity (Wildman–Crippen MR) is 59.2 cm³/mol. The van der Waals surface area contributed by atoms with E-state index in [9.17, 15) is 4.79 Å². The van der Waals surface area contributed by atoms with E-state index < -0.39 is 0 Å². The van der Waals surface area contributed by atoms with Crippen LogP contribution in [-0.2, 0) is 17.6 Å². The lowest BCUT2D eigenvalue weighted by Crippen LogP contribution is -2.19. The maximum Gasteiger partial charge on any atom is 0.224 e. The molecule has 0 aliphatic carbocycles. The van der Waals surface area contributed by atoms with Crippen molar-refractivity contribution in [3.8, 4) is 0 Å². The fourth-order valence-electron chi connectivity index (χ4n) is 1.76. The van der Waals surface area contributed by atoms with Gasteiger partial charge in [-0.3, -0.25) is 4.79 Å². The van der Waals surface area contributed by atoms with E-state index in [1.54, 1.807) is 0 Å². The van der Waals surface area contributed by atoms with Crippen LogP contribution in [0.2, 0.25) is 5.02 Å². The summed E-state index contributed by atoms with van der Waals surface area (Å²) < 4.78 is 0. The molecule has 1 aromatic carbocycles. The lowest BCUT2D eigenvalue weighted by molar-refractivity contribution is -0.116. The normalized spacial score (nSPS) is 14.7. The Hall–Kier alpha value is -1.06. The van der Waals surface area contributed by atoms with Gasteiger partial charge in [-0.1, -0.05) is 11.6 Å². The SMILES string of the molecule is O=C1CCc2cc(Cl)c(CCO)cc2N1. The van der Waals surface area contributed by atoms with E-state index in [0.717, 1.165) is 23.2 Å². The van der Waals surface area contributed by atoms with Crippen LogP contribution in [0.3, 0.4) is 0 Å². The summed E-state index contributed by atoms with van der Waals surface area (Å²) in [6.07, 6.45) is 1.77. The number of carbonyl (C=O) groups is 1. The molecule has 0 aromatic heterocycles. The molecule has 0 bridgehead atoms. The molecule has 4 heteroatoms. The summed E-state index contributed by atoms with van der Waals surface area (Å²) in [6.45, 7) is 0.0620. The summed E-state index contributed by atoms with van der Waals surface area (Å²) in [4.78, 5) is 11.2. The molecule has 0 unspecified atom stereocenters. The van der Waals surface area contributed by atoms with Crippen LogP contribution in [0.4, 0.5) is 5.69 Å². The number of rotatable bonds is 2. The maximum absolute atomic E-state index is 11.2. The smallest absolute Gasteiger partial charge is 0.224 e. The predicted octanol–water partition coefficient (Wildman–Crippen LogP) is 1.76. The molecule has 1 aromatic rings. The van der Waals surface area contributed by atoms with Crippen LogP contribution in [0, 0.1) is 0 Å². The Morgan fingerprint density at radius 3 is 2.93 bits per heavy atom. The van der Waals surface area contributed by atoms with Crippen molar-refractivity contribution in [3.05, 3.63) is 28.3 Å². The summed E-state index contributed by atoms with van der Waals surface area (Å²) >= 11 is 6.05. The first-order chi connectivity index (χ1) is 7.20. The van der Waals surface area contributed by atoms with Crippen LogP contribution >= 0.6 is 11.6 Å². The Bertz CT molecular complexity index is 404. The Labute approximate surface area is 93.1 Å². The largest absolute Gasteiger partial charge is 0.396 e. The molecule has 1 aliphatic heterocycles. The van der Waals surface area contributed by atoms with Crippen LogP contribution in [0.5, 0.6) is 0 Å². The van der Waals surface area contributed by atoms with Gasteiger partial charge in [0.2, 0.25) is 5.91 Å². The third-order valence-electron chi connectivity index (χ3n) is 2.55. The monoisotopic (exact) mass is 225 g/mol. The van der Waals surface area contributed by atoms with Gasteiger partial charge in [0.15, 0.2) is 0 Å². The molecule has 2 rings (SSSR count). The molecule has 0 atom stereocenters. The second-order valence-corrected chi connectivity index (χ2v) is 4.03. The van der Waals surface area contributed by atoms with Gasteiger partial charge in [-0.2, -0.15) is 0 Å². The van der Waals surface area contributed by atoms with Crippen LogP contribution in [-0.4, -0.2) is 17.6 Å². The summed E-state index contributed by atoms with van der Waals surface area (Å²) in [5.74, 6) is 0.0415. The topological polar surface area (TPSA) is 49.3 Å².